The van der Waals surface area contributed by atoms with Crippen molar-refractivity contribution in [3.8, 4) is 0 Å². The minimum absolute atomic E-state index is 0.0438. The van der Waals surface area contributed by atoms with E-state index in [0.717, 1.165) is 0 Å². The number of azide groups is 1. The van der Waals surface area contributed by atoms with Crippen LogP contribution >= 0.6 is 0 Å². The Morgan fingerprint density at radius 2 is 2.38 bits per heavy atom. The van der Waals surface area contributed by atoms with Crippen LogP contribution in [0.1, 0.15) is 18.7 Å². The van der Waals surface area contributed by atoms with Gasteiger partial charge in [-0.1, -0.05) is 12.0 Å². The predicted octanol–water partition coefficient (Wildman–Crippen LogP) is 1.20. The van der Waals surface area contributed by atoms with Crippen LogP contribution in [-0.2, 0) is 0 Å². The summed E-state index contributed by atoms with van der Waals surface area (Å²) in [4.78, 5) is 23.4. The number of fused-ring (bicyclic) bond motifs is 1. The van der Waals surface area contributed by atoms with Gasteiger partial charge in [-0.25, -0.2) is 0 Å². The Hall–Kier alpha value is -2.47. The van der Waals surface area contributed by atoms with Crippen molar-refractivity contribution in [3.63, 3.8) is 0 Å². The van der Waals surface area contributed by atoms with Crippen molar-refractivity contribution in [1.82, 2.24) is 15.0 Å². The van der Waals surface area contributed by atoms with E-state index >= 15 is 0 Å². The molecule has 0 saturated carbocycles. The number of H-pyrrole nitrogens is 2. The van der Waals surface area contributed by atoms with E-state index in [1.54, 1.807) is 13.0 Å². The van der Waals surface area contributed by atoms with Crippen LogP contribution in [0.15, 0.2) is 16.0 Å². The minimum atomic E-state index is -0.389. The molecule has 0 radical (unpaired) electrons. The molecule has 1 atom stereocenters. The Morgan fingerprint density at radius 1 is 1.62 bits per heavy atom. The number of nitrogen functional groups attached to an aromatic ring is 1. The van der Waals surface area contributed by atoms with Crippen molar-refractivity contribution in [1.29, 1.82) is 0 Å². The van der Waals surface area contributed by atoms with Crippen LogP contribution in [0, 0.1) is 0 Å². The molecule has 0 bridgehead atoms. The van der Waals surface area contributed by atoms with E-state index in [2.05, 4.69) is 25.0 Å². The molecule has 2 rings (SSSR count). The summed E-state index contributed by atoms with van der Waals surface area (Å²) in [5.74, 6) is 0.0438. The van der Waals surface area contributed by atoms with E-state index in [1.807, 2.05) is 0 Å². The van der Waals surface area contributed by atoms with Crippen LogP contribution in [0.3, 0.4) is 0 Å². The second-order valence-corrected chi connectivity index (χ2v) is 3.32. The highest BCUT2D eigenvalue weighted by molar-refractivity contribution is 5.76. The quantitative estimate of drug-likeness (QED) is 0.397. The smallest absolute Gasteiger partial charge is 0.261 e. The molecule has 2 aromatic rings. The second-order valence-electron chi connectivity index (χ2n) is 3.32. The van der Waals surface area contributed by atoms with E-state index in [9.17, 15) is 4.79 Å². The SMILES string of the molecule is CC(N=[N+]=[N-])c1cc2c(=O)[nH]c(N)nc2[nH]1. The maximum absolute atomic E-state index is 11.5. The summed E-state index contributed by atoms with van der Waals surface area (Å²) < 4.78 is 0. The number of rotatable bonds is 2. The maximum atomic E-state index is 11.5. The number of aromatic amines is 2. The summed E-state index contributed by atoms with van der Waals surface area (Å²) in [6.07, 6.45) is 0. The molecule has 16 heavy (non-hydrogen) atoms. The van der Waals surface area contributed by atoms with Crippen LogP contribution in [0.4, 0.5) is 5.95 Å². The van der Waals surface area contributed by atoms with E-state index < -0.39 is 0 Å². The number of nitrogens with one attached hydrogen (secondary N) is 2. The molecule has 2 heterocycles. The first-order chi connectivity index (χ1) is 7.61. The first-order valence-electron chi connectivity index (χ1n) is 4.54. The zero-order valence-corrected chi connectivity index (χ0v) is 8.43. The first kappa shape index (κ1) is 10.1. The topological polar surface area (TPSA) is 136 Å². The van der Waals surface area contributed by atoms with Gasteiger partial charge in [0.1, 0.15) is 5.65 Å². The van der Waals surface area contributed by atoms with E-state index in [0.29, 0.717) is 16.7 Å². The lowest BCUT2D eigenvalue weighted by molar-refractivity contribution is 0.782. The molecule has 0 aliphatic carbocycles. The summed E-state index contributed by atoms with van der Waals surface area (Å²) in [6.45, 7) is 1.71. The molecule has 0 fully saturated rings. The molecule has 0 amide bonds. The Kier molecular flexibility index (Phi) is 2.26. The van der Waals surface area contributed by atoms with Gasteiger partial charge in [0.05, 0.1) is 11.4 Å². The van der Waals surface area contributed by atoms with Crippen molar-refractivity contribution in [3.05, 3.63) is 32.6 Å². The minimum Gasteiger partial charge on any atom is -0.369 e. The number of nitrogens with zero attached hydrogens (tertiary/aromatic N) is 4. The van der Waals surface area contributed by atoms with Gasteiger partial charge in [-0.05, 0) is 11.6 Å². The Bertz CT molecular complexity index is 633. The Morgan fingerprint density at radius 3 is 3.06 bits per heavy atom. The summed E-state index contributed by atoms with van der Waals surface area (Å²) in [7, 11) is 0. The Balaban J connectivity index is 2.64. The highest BCUT2D eigenvalue weighted by Crippen LogP contribution is 2.19. The molecular formula is C8H9N7O. The molecule has 0 aliphatic rings. The number of hydrogen-bond donors (Lipinski definition) is 3. The third-order valence-corrected chi connectivity index (χ3v) is 2.21. The molecule has 1 unspecified atom stereocenters. The third-order valence-electron chi connectivity index (χ3n) is 2.21. The molecule has 2 aromatic heterocycles. The van der Waals surface area contributed by atoms with Crippen molar-refractivity contribution < 1.29 is 0 Å². The zero-order chi connectivity index (χ0) is 11.7. The zero-order valence-electron chi connectivity index (χ0n) is 8.43. The van der Waals surface area contributed by atoms with Crippen molar-refractivity contribution in [2.75, 3.05) is 5.73 Å². The Labute approximate surface area is 89.1 Å². The predicted molar refractivity (Wildman–Crippen MR) is 58.7 cm³/mol. The van der Waals surface area contributed by atoms with Gasteiger partial charge in [0, 0.05) is 10.6 Å². The van der Waals surface area contributed by atoms with Gasteiger partial charge >= 0.3 is 0 Å². The van der Waals surface area contributed by atoms with Gasteiger partial charge in [0.15, 0.2) is 0 Å². The van der Waals surface area contributed by atoms with Crippen LogP contribution in [0.25, 0.3) is 21.5 Å². The van der Waals surface area contributed by atoms with Crippen LogP contribution < -0.4 is 11.3 Å². The van der Waals surface area contributed by atoms with Gasteiger partial charge in [-0.2, -0.15) is 4.98 Å². The monoisotopic (exact) mass is 219 g/mol. The summed E-state index contributed by atoms with van der Waals surface area (Å²) in [5.41, 5.74) is 14.4. The largest absolute Gasteiger partial charge is 0.369 e. The lowest BCUT2D eigenvalue weighted by Crippen LogP contribution is -2.09. The third kappa shape index (κ3) is 1.57. The first-order valence-corrected chi connectivity index (χ1v) is 4.54. The highest BCUT2D eigenvalue weighted by atomic mass is 16.1. The number of anilines is 1. The molecule has 4 N–H and O–H groups in total. The van der Waals surface area contributed by atoms with Gasteiger partial charge in [0.2, 0.25) is 5.95 Å². The average Bonchev–Trinajstić information content (AvgIpc) is 2.62. The van der Waals surface area contributed by atoms with Crippen LogP contribution in [0.5, 0.6) is 0 Å². The normalized spacial score (nSPS) is 12.3. The average molecular weight is 219 g/mol. The molecule has 0 saturated heterocycles. The number of aromatic nitrogens is 3. The summed E-state index contributed by atoms with van der Waals surface area (Å²) in [6, 6.07) is 1.21. The molecule has 0 aromatic carbocycles. The van der Waals surface area contributed by atoms with E-state index in [-0.39, 0.29) is 17.5 Å². The standard InChI is InChI=1S/C8H9N7O/c1-3(14-15-10)5-2-4-6(11-5)12-8(9)13-7(4)16/h2-3H,1H3,(H4,9,11,12,13,16). The molecule has 0 spiro atoms. The van der Waals surface area contributed by atoms with Crippen LogP contribution in [-0.4, -0.2) is 15.0 Å². The van der Waals surface area contributed by atoms with Crippen LogP contribution in [0.2, 0.25) is 0 Å². The van der Waals surface area contributed by atoms with Gasteiger partial charge in [-0.3, -0.25) is 9.78 Å². The van der Waals surface area contributed by atoms with Gasteiger partial charge in [0.25, 0.3) is 5.56 Å². The summed E-state index contributed by atoms with van der Waals surface area (Å²) in [5, 5.41) is 3.91. The van der Waals surface area contributed by atoms with Crippen molar-refractivity contribution >= 4 is 17.0 Å². The fourth-order valence-electron chi connectivity index (χ4n) is 1.42. The number of hydrogen-bond acceptors (Lipinski definition) is 4. The summed E-state index contributed by atoms with van der Waals surface area (Å²) >= 11 is 0. The lowest BCUT2D eigenvalue weighted by atomic mass is 10.2. The second kappa shape index (κ2) is 3.59. The van der Waals surface area contributed by atoms with E-state index in [1.165, 1.54) is 0 Å². The van der Waals surface area contributed by atoms with Crippen molar-refractivity contribution in [2.45, 2.75) is 13.0 Å². The van der Waals surface area contributed by atoms with Gasteiger partial charge < -0.3 is 10.7 Å². The maximum Gasteiger partial charge on any atom is 0.261 e. The molecule has 8 nitrogen and oxygen atoms in total. The lowest BCUT2D eigenvalue weighted by Gasteiger charge is -1.97. The van der Waals surface area contributed by atoms with Crippen molar-refractivity contribution in [2.24, 2.45) is 5.11 Å². The van der Waals surface area contributed by atoms with E-state index in [4.69, 9.17) is 11.3 Å². The fraction of sp³-hybridized carbons (Fsp3) is 0.250. The molecule has 82 valence electrons. The highest BCUT2D eigenvalue weighted by Gasteiger charge is 2.10. The van der Waals surface area contributed by atoms with Gasteiger partial charge in [-0.15, -0.1) is 0 Å². The molecule has 8 heteroatoms. The number of nitrogens with two attached hydrogens (primary N) is 1. The molecule has 0 aliphatic heterocycles. The fourth-order valence-corrected chi connectivity index (χ4v) is 1.42. The molecular weight excluding hydrogens is 210 g/mol.